The smallest absolute Gasteiger partial charge is 0.0432 e. The molecule has 154 valence electrons. The molecule has 0 fully saturated rings. The molecule has 1 unspecified atom stereocenters. The molecule has 0 saturated carbocycles. The first-order valence-electron chi connectivity index (χ1n) is 10.7. The summed E-state index contributed by atoms with van der Waals surface area (Å²) in [6.07, 6.45) is 12.4. The van der Waals surface area contributed by atoms with Crippen LogP contribution in [0.1, 0.15) is 67.9 Å². The summed E-state index contributed by atoms with van der Waals surface area (Å²) >= 11 is 0. The molecule has 1 aliphatic rings. The largest absolute Gasteiger partial charge is 0.0990 e. The maximum atomic E-state index is 4.04. The Kier molecular flexibility index (Phi) is 15.6. The number of rotatable bonds is 4. The average Bonchev–Trinajstić information content (AvgIpc) is 3.01. The summed E-state index contributed by atoms with van der Waals surface area (Å²) in [4.78, 5) is 0. The van der Waals surface area contributed by atoms with Gasteiger partial charge in [-0.15, -0.1) is 0 Å². The van der Waals surface area contributed by atoms with Crippen molar-refractivity contribution < 1.29 is 0 Å². The van der Waals surface area contributed by atoms with Crippen molar-refractivity contribution in [3.8, 4) is 0 Å². The minimum absolute atomic E-state index is 0.166. The third kappa shape index (κ3) is 5.83. The van der Waals surface area contributed by atoms with E-state index >= 15 is 0 Å². The molecule has 1 atom stereocenters. The fraction of sp³-hybridized carbons (Fsp3) is 0.357. The van der Waals surface area contributed by atoms with Crippen molar-refractivity contribution >= 4 is 0 Å². The maximum absolute atomic E-state index is 4.04. The Labute approximate surface area is 175 Å². The van der Waals surface area contributed by atoms with Crippen LogP contribution in [0.25, 0.3) is 0 Å². The molecule has 0 nitrogen and oxygen atoms in total. The van der Waals surface area contributed by atoms with Gasteiger partial charge in [0.1, 0.15) is 0 Å². The number of benzene rings is 1. The van der Waals surface area contributed by atoms with Crippen LogP contribution in [0.4, 0.5) is 0 Å². The molecular formula is C28H42. The Bertz CT molecular complexity index is 693. The van der Waals surface area contributed by atoms with E-state index in [2.05, 4.69) is 88.6 Å². The van der Waals surface area contributed by atoms with Gasteiger partial charge in [0.2, 0.25) is 0 Å². The van der Waals surface area contributed by atoms with Gasteiger partial charge in [-0.05, 0) is 48.6 Å². The number of allylic oxidation sites excluding steroid dienone is 10. The minimum Gasteiger partial charge on any atom is -0.0990 e. The van der Waals surface area contributed by atoms with Crippen molar-refractivity contribution in [3.05, 3.63) is 108 Å². The molecule has 0 bridgehead atoms. The van der Waals surface area contributed by atoms with Gasteiger partial charge in [-0.2, -0.15) is 0 Å². The van der Waals surface area contributed by atoms with Gasteiger partial charge in [-0.25, -0.2) is 0 Å². The summed E-state index contributed by atoms with van der Waals surface area (Å²) in [5.41, 5.74) is 6.13. The second-order valence-corrected chi connectivity index (χ2v) is 5.54. The van der Waals surface area contributed by atoms with Crippen molar-refractivity contribution in [2.24, 2.45) is 0 Å². The van der Waals surface area contributed by atoms with Gasteiger partial charge < -0.3 is 0 Å². The Morgan fingerprint density at radius 2 is 1.39 bits per heavy atom. The Morgan fingerprint density at radius 1 is 0.857 bits per heavy atom. The lowest BCUT2D eigenvalue weighted by atomic mass is 9.72. The molecule has 0 aliphatic heterocycles. The van der Waals surface area contributed by atoms with E-state index in [9.17, 15) is 0 Å². The highest BCUT2D eigenvalue weighted by molar-refractivity contribution is 5.73. The molecule has 0 N–H and O–H groups in total. The molecule has 0 spiro atoms. The molecule has 1 aromatic rings. The van der Waals surface area contributed by atoms with Gasteiger partial charge >= 0.3 is 0 Å². The molecule has 2 rings (SSSR count). The van der Waals surface area contributed by atoms with E-state index in [1.807, 2.05) is 53.7 Å². The highest BCUT2D eigenvalue weighted by Crippen LogP contribution is 2.52. The highest BCUT2D eigenvalue weighted by atomic mass is 14.4. The zero-order valence-electron chi connectivity index (χ0n) is 19.8. The Balaban J connectivity index is 0. The molecule has 0 aromatic heterocycles. The second-order valence-electron chi connectivity index (χ2n) is 5.54. The molecule has 0 heteroatoms. The van der Waals surface area contributed by atoms with E-state index in [1.54, 1.807) is 0 Å². The van der Waals surface area contributed by atoms with Crippen LogP contribution in [0.15, 0.2) is 102 Å². The zero-order valence-corrected chi connectivity index (χ0v) is 19.8. The van der Waals surface area contributed by atoms with Crippen LogP contribution in [0.3, 0.4) is 0 Å². The van der Waals surface area contributed by atoms with Gasteiger partial charge in [-0.1, -0.05) is 121 Å². The maximum Gasteiger partial charge on any atom is 0.0432 e. The SMILES string of the molecule is C=C/C=C1C(C=C)=C(/C=C\C)C(C)(c2ccccc2)C/1=C/C.CC.CC.CC. The van der Waals surface area contributed by atoms with E-state index in [1.165, 1.54) is 27.9 Å². The lowest BCUT2D eigenvalue weighted by molar-refractivity contribution is 0.702. The first-order chi connectivity index (χ1) is 13.6. The first-order valence-corrected chi connectivity index (χ1v) is 10.7. The van der Waals surface area contributed by atoms with E-state index in [0.717, 1.165) is 0 Å². The number of hydrogen-bond acceptors (Lipinski definition) is 0. The third-order valence-corrected chi connectivity index (χ3v) is 4.41. The van der Waals surface area contributed by atoms with Crippen molar-refractivity contribution in [1.29, 1.82) is 0 Å². The van der Waals surface area contributed by atoms with Crippen molar-refractivity contribution in [2.45, 2.75) is 67.7 Å². The van der Waals surface area contributed by atoms with Gasteiger partial charge in [0.05, 0.1) is 0 Å². The van der Waals surface area contributed by atoms with E-state index in [0.29, 0.717) is 0 Å². The zero-order chi connectivity index (χ0) is 22.2. The normalized spacial score (nSPS) is 20.6. The van der Waals surface area contributed by atoms with Gasteiger partial charge in [0.25, 0.3) is 0 Å². The van der Waals surface area contributed by atoms with Gasteiger partial charge in [-0.3, -0.25) is 0 Å². The van der Waals surface area contributed by atoms with Crippen LogP contribution in [0, 0.1) is 0 Å². The molecule has 0 amide bonds. The molecule has 0 radical (unpaired) electrons. The Hall–Kier alpha value is -2.34. The van der Waals surface area contributed by atoms with Crippen LogP contribution in [0.2, 0.25) is 0 Å². The molecule has 28 heavy (non-hydrogen) atoms. The summed E-state index contributed by atoms with van der Waals surface area (Å²) in [5.74, 6) is 0. The Morgan fingerprint density at radius 3 is 1.79 bits per heavy atom. The summed E-state index contributed by atoms with van der Waals surface area (Å²) in [7, 11) is 0. The molecule has 1 aromatic carbocycles. The molecular weight excluding hydrogens is 336 g/mol. The first kappa shape index (κ1) is 27.9. The predicted octanol–water partition coefficient (Wildman–Crippen LogP) is 9.15. The summed E-state index contributed by atoms with van der Waals surface area (Å²) < 4.78 is 0. The van der Waals surface area contributed by atoms with Crippen LogP contribution in [0.5, 0.6) is 0 Å². The van der Waals surface area contributed by atoms with Crippen molar-refractivity contribution in [2.75, 3.05) is 0 Å². The second kappa shape index (κ2) is 15.7. The summed E-state index contributed by atoms with van der Waals surface area (Å²) in [6.45, 7) is 26.4. The quantitative estimate of drug-likeness (QED) is 0.490. The van der Waals surface area contributed by atoms with Crippen LogP contribution >= 0.6 is 0 Å². The van der Waals surface area contributed by atoms with E-state index in [-0.39, 0.29) is 5.41 Å². The van der Waals surface area contributed by atoms with E-state index < -0.39 is 0 Å². The lowest BCUT2D eigenvalue weighted by Gasteiger charge is -2.30. The van der Waals surface area contributed by atoms with Gasteiger partial charge in [0, 0.05) is 5.41 Å². The number of hydrogen-bond donors (Lipinski definition) is 0. The van der Waals surface area contributed by atoms with Crippen molar-refractivity contribution in [1.82, 2.24) is 0 Å². The minimum atomic E-state index is -0.166. The molecule has 0 saturated heterocycles. The summed E-state index contributed by atoms with van der Waals surface area (Å²) in [6, 6.07) is 10.7. The van der Waals surface area contributed by atoms with Crippen LogP contribution < -0.4 is 0 Å². The molecule has 0 heterocycles. The fourth-order valence-corrected chi connectivity index (χ4v) is 3.44. The monoisotopic (exact) mass is 378 g/mol. The topological polar surface area (TPSA) is 0 Å². The molecule has 1 aliphatic carbocycles. The predicted molar refractivity (Wildman–Crippen MR) is 132 cm³/mol. The van der Waals surface area contributed by atoms with E-state index in [4.69, 9.17) is 0 Å². The average molecular weight is 379 g/mol. The summed E-state index contributed by atoms with van der Waals surface area (Å²) in [5, 5.41) is 0. The van der Waals surface area contributed by atoms with Gasteiger partial charge in [0.15, 0.2) is 0 Å². The lowest BCUT2D eigenvalue weighted by Crippen LogP contribution is -2.23. The van der Waals surface area contributed by atoms with Crippen molar-refractivity contribution in [3.63, 3.8) is 0 Å². The standard InChI is InChI=1S/C22H24.3C2H6/c1-6-13-19-18(8-3)21(14-7-2)22(5,20(19)9-4)17-15-11-10-12-16-17;3*1-2/h6-16H,1,3H2,2,4-5H3;3*1-2H3/b14-7-,19-13-,20-9+;;;. The van der Waals surface area contributed by atoms with Crippen LogP contribution in [-0.4, -0.2) is 0 Å². The highest BCUT2D eigenvalue weighted by Gasteiger charge is 2.42. The van der Waals surface area contributed by atoms with Crippen LogP contribution in [-0.2, 0) is 5.41 Å². The third-order valence-electron chi connectivity index (χ3n) is 4.41. The fourth-order valence-electron chi connectivity index (χ4n) is 3.44.